The number of carbonyl (C=O) groups is 2. The SMILES string of the molecule is COc1cc(NC(CO)c2ccc(C(=O)Nc3ccccc3NC(=O)OC(C)(C)C)cc2)cc(OC)c1OC. The summed E-state index contributed by atoms with van der Waals surface area (Å²) in [5.74, 6) is 1.05. The minimum atomic E-state index is -0.656. The molecule has 0 aliphatic heterocycles. The van der Waals surface area contributed by atoms with Gasteiger partial charge in [-0.1, -0.05) is 24.3 Å². The number of rotatable bonds is 10. The van der Waals surface area contributed by atoms with Gasteiger partial charge in [-0.3, -0.25) is 10.1 Å². The number of benzene rings is 3. The summed E-state index contributed by atoms with van der Waals surface area (Å²) >= 11 is 0. The van der Waals surface area contributed by atoms with Gasteiger partial charge in [0.2, 0.25) is 5.75 Å². The van der Waals surface area contributed by atoms with E-state index in [4.69, 9.17) is 18.9 Å². The smallest absolute Gasteiger partial charge is 0.412 e. The average Bonchev–Trinajstić information content (AvgIpc) is 2.91. The highest BCUT2D eigenvalue weighted by Crippen LogP contribution is 2.40. The molecule has 0 aliphatic carbocycles. The van der Waals surface area contributed by atoms with Gasteiger partial charge in [0.1, 0.15) is 5.60 Å². The van der Waals surface area contributed by atoms with Crippen LogP contribution in [0.1, 0.15) is 42.7 Å². The molecule has 0 saturated carbocycles. The van der Waals surface area contributed by atoms with Gasteiger partial charge in [-0.15, -0.1) is 0 Å². The summed E-state index contributed by atoms with van der Waals surface area (Å²) in [7, 11) is 4.58. The van der Waals surface area contributed by atoms with Crippen molar-refractivity contribution in [3.05, 3.63) is 71.8 Å². The molecule has 3 aromatic carbocycles. The van der Waals surface area contributed by atoms with Crippen molar-refractivity contribution in [2.75, 3.05) is 43.9 Å². The van der Waals surface area contributed by atoms with Crippen molar-refractivity contribution in [2.45, 2.75) is 32.4 Å². The number of methoxy groups -OCH3 is 3. The average molecular weight is 538 g/mol. The van der Waals surface area contributed by atoms with Crippen LogP contribution in [0.2, 0.25) is 0 Å². The molecule has 39 heavy (non-hydrogen) atoms. The molecule has 10 heteroatoms. The Bertz CT molecular complexity index is 1260. The molecule has 0 saturated heterocycles. The number of hydrogen-bond donors (Lipinski definition) is 4. The van der Waals surface area contributed by atoms with Gasteiger partial charge in [-0.05, 0) is 50.6 Å². The van der Waals surface area contributed by atoms with E-state index in [1.54, 1.807) is 81.4 Å². The predicted molar refractivity (Wildman–Crippen MR) is 150 cm³/mol. The van der Waals surface area contributed by atoms with Gasteiger partial charge in [-0.2, -0.15) is 0 Å². The van der Waals surface area contributed by atoms with Crippen molar-refractivity contribution in [3.63, 3.8) is 0 Å². The summed E-state index contributed by atoms with van der Waals surface area (Å²) in [5.41, 5.74) is 1.99. The van der Waals surface area contributed by atoms with Crippen LogP contribution in [0, 0.1) is 0 Å². The maximum atomic E-state index is 13.0. The van der Waals surface area contributed by atoms with Crippen molar-refractivity contribution in [1.29, 1.82) is 0 Å². The van der Waals surface area contributed by atoms with Gasteiger partial charge >= 0.3 is 6.09 Å². The van der Waals surface area contributed by atoms with Crippen LogP contribution in [0.3, 0.4) is 0 Å². The second kappa shape index (κ2) is 12.9. The van der Waals surface area contributed by atoms with E-state index in [0.29, 0.717) is 39.9 Å². The molecule has 0 aromatic heterocycles. The zero-order valence-electron chi connectivity index (χ0n) is 23.0. The lowest BCUT2D eigenvalue weighted by molar-refractivity contribution is 0.0635. The Kier molecular flexibility index (Phi) is 9.62. The number of ether oxygens (including phenoxy) is 4. The van der Waals surface area contributed by atoms with Crippen molar-refractivity contribution >= 4 is 29.1 Å². The monoisotopic (exact) mass is 537 g/mol. The summed E-state index contributed by atoms with van der Waals surface area (Å²) < 4.78 is 21.5. The van der Waals surface area contributed by atoms with E-state index in [1.807, 2.05) is 0 Å². The van der Waals surface area contributed by atoms with Crippen LogP contribution in [0.25, 0.3) is 0 Å². The van der Waals surface area contributed by atoms with Crippen LogP contribution in [0.5, 0.6) is 17.2 Å². The van der Waals surface area contributed by atoms with Gasteiger partial charge in [0.15, 0.2) is 11.5 Å². The first-order valence-electron chi connectivity index (χ1n) is 12.3. The van der Waals surface area contributed by atoms with Gasteiger partial charge in [0, 0.05) is 23.4 Å². The fourth-order valence-electron chi connectivity index (χ4n) is 3.78. The fourth-order valence-corrected chi connectivity index (χ4v) is 3.78. The molecule has 0 fully saturated rings. The van der Waals surface area contributed by atoms with Crippen molar-refractivity contribution in [2.24, 2.45) is 0 Å². The lowest BCUT2D eigenvalue weighted by Gasteiger charge is -2.21. The maximum absolute atomic E-state index is 13.0. The van der Waals surface area contributed by atoms with Crippen LogP contribution in [-0.4, -0.2) is 50.6 Å². The van der Waals surface area contributed by atoms with E-state index in [9.17, 15) is 14.7 Å². The number of aliphatic hydroxyl groups is 1. The number of carbonyl (C=O) groups excluding carboxylic acids is 2. The Hall–Kier alpha value is -4.44. The zero-order chi connectivity index (χ0) is 28.6. The van der Waals surface area contributed by atoms with Crippen molar-refractivity contribution in [3.8, 4) is 17.2 Å². The minimum absolute atomic E-state index is 0.202. The van der Waals surface area contributed by atoms with E-state index in [-0.39, 0.29) is 12.5 Å². The molecule has 3 rings (SSSR count). The second-order valence-electron chi connectivity index (χ2n) is 9.54. The first kappa shape index (κ1) is 29.1. The lowest BCUT2D eigenvalue weighted by Crippen LogP contribution is -2.27. The number of anilines is 3. The topological polar surface area (TPSA) is 127 Å². The summed E-state index contributed by atoms with van der Waals surface area (Å²) in [4.78, 5) is 25.2. The number of para-hydroxylation sites is 2. The Morgan fingerprint density at radius 2 is 1.41 bits per heavy atom. The third-order valence-corrected chi connectivity index (χ3v) is 5.57. The van der Waals surface area contributed by atoms with Crippen LogP contribution in [0.15, 0.2) is 60.7 Å². The van der Waals surface area contributed by atoms with Gasteiger partial charge in [-0.25, -0.2) is 4.79 Å². The molecule has 0 radical (unpaired) electrons. The molecule has 1 atom stereocenters. The summed E-state index contributed by atoms with van der Waals surface area (Å²) in [6.45, 7) is 5.11. The Morgan fingerprint density at radius 1 is 0.846 bits per heavy atom. The molecular weight excluding hydrogens is 502 g/mol. The molecule has 3 aromatic rings. The third kappa shape index (κ3) is 7.78. The normalized spacial score (nSPS) is 11.7. The largest absolute Gasteiger partial charge is 0.493 e. The molecule has 1 unspecified atom stereocenters. The van der Waals surface area contributed by atoms with Crippen molar-refractivity contribution in [1.82, 2.24) is 0 Å². The number of nitrogens with one attached hydrogen (secondary N) is 3. The van der Waals surface area contributed by atoms with Crippen LogP contribution < -0.4 is 30.2 Å². The van der Waals surface area contributed by atoms with Crippen LogP contribution in [-0.2, 0) is 4.74 Å². The molecule has 2 amide bonds. The second-order valence-corrected chi connectivity index (χ2v) is 9.54. The zero-order valence-corrected chi connectivity index (χ0v) is 23.0. The van der Waals surface area contributed by atoms with E-state index < -0.39 is 17.7 Å². The quantitative estimate of drug-likeness (QED) is 0.269. The van der Waals surface area contributed by atoms with Crippen molar-refractivity contribution < 1.29 is 33.6 Å². The number of amides is 2. The Labute approximate surface area is 228 Å². The van der Waals surface area contributed by atoms with E-state index in [2.05, 4.69) is 16.0 Å². The Balaban J connectivity index is 1.73. The van der Waals surface area contributed by atoms with Gasteiger partial charge < -0.3 is 34.7 Å². The number of hydrogen-bond acceptors (Lipinski definition) is 8. The minimum Gasteiger partial charge on any atom is -0.493 e. The van der Waals surface area contributed by atoms with E-state index in [0.717, 1.165) is 5.56 Å². The summed E-state index contributed by atoms with van der Waals surface area (Å²) in [6.07, 6.45) is -0.622. The Morgan fingerprint density at radius 3 is 1.90 bits per heavy atom. The predicted octanol–water partition coefficient (Wildman–Crippen LogP) is 5.46. The maximum Gasteiger partial charge on any atom is 0.412 e. The first-order valence-corrected chi connectivity index (χ1v) is 12.3. The first-order chi connectivity index (χ1) is 18.6. The van der Waals surface area contributed by atoms with Crippen LogP contribution in [0.4, 0.5) is 21.9 Å². The molecule has 0 bridgehead atoms. The molecule has 10 nitrogen and oxygen atoms in total. The highest BCUT2D eigenvalue weighted by atomic mass is 16.6. The molecular formula is C29H35N3O7. The molecule has 208 valence electrons. The van der Waals surface area contributed by atoms with Gasteiger partial charge in [0.25, 0.3) is 5.91 Å². The number of aliphatic hydroxyl groups excluding tert-OH is 1. The highest BCUT2D eigenvalue weighted by Gasteiger charge is 2.19. The lowest BCUT2D eigenvalue weighted by atomic mass is 10.0. The molecule has 0 aliphatic rings. The highest BCUT2D eigenvalue weighted by molar-refractivity contribution is 6.06. The standard InChI is InChI=1S/C29H35N3O7/c1-29(2,3)39-28(35)32-22-10-8-7-9-21(22)31-27(34)19-13-11-18(12-14-19)23(17-33)30-20-15-24(36-4)26(38-6)25(16-20)37-5/h7-16,23,30,33H,17H2,1-6H3,(H,31,34)(H,32,35). The summed E-state index contributed by atoms with van der Waals surface area (Å²) in [6, 6.07) is 16.7. The summed E-state index contributed by atoms with van der Waals surface area (Å²) in [5, 5.41) is 18.8. The van der Waals surface area contributed by atoms with Crippen LogP contribution >= 0.6 is 0 Å². The fraction of sp³-hybridized carbons (Fsp3) is 0.310. The third-order valence-electron chi connectivity index (χ3n) is 5.57. The van der Waals surface area contributed by atoms with E-state index >= 15 is 0 Å². The molecule has 0 heterocycles. The van der Waals surface area contributed by atoms with Gasteiger partial charge in [0.05, 0.1) is 45.4 Å². The molecule has 4 N–H and O–H groups in total. The molecule has 0 spiro atoms. The van der Waals surface area contributed by atoms with E-state index in [1.165, 1.54) is 21.3 Å².